The van der Waals surface area contributed by atoms with Crippen molar-refractivity contribution in [1.82, 2.24) is 9.80 Å². The van der Waals surface area contributed by atoms with Crippen molar-refractivity contribution in [2.45, 2.75) is 63.8 Å². The smallest absolute Gasteiger partial charge is 0.225 e. The minimum absolute atomic E-state index is 0. The van der Waals surface area contributed by atoms with Crippen LogP contribution in [0.15, 0.2) is 0 Å². The zero-order valence-corrected chi connectivity index (χ0v) is 15.4. The lowest BCUT2D eigenvalue weighted by molar-refractivity contribution is -0.142. The molecule has 1 heterocycles. The standard InChI is InChI=1S/C18H31N3O2.ClH/c19-16-7-6-15(13-16)18(23)21-10-8-20(9-11-21)17(22)12-14-4-2-1-3-5-14;/h14-16H,1-13,19H2;1H. The van der Waals surface area contributed by atoms with Gasteiger partial charge in [-0.2, -0.15) is 0 Å². The molecule has 6 heteroatoms. The Hall–Kier alpha value is -0.810. The van der Waals surface area contributed by atoms with E-state index >= 15 is 0 Å². The number of nitrogens with zero attached hydrogens (tertiary/aromatic N) is 2. The number of piperazine rings is 1. The summed E-state index contributed by atoms with van der Waals surface area (Å²) in [5.41, 5.74) is 5.92. The Kier molecular flexibility index (Phi) is 7.35. The molecule has 5 nitrogen and oxygen atoms in total. The molecule has 0 bridgehead atoms. The van der Waals surface area contributed by atoms with Crippen molar-refractivity contribution in [2.24, 2.45) is 17.6 Å². The first-order valence-corrected chi connectivity index (χ1v) is 9.45. The molecule has 2 amide bonds. The van der Waals surface area contributed by atoms with Gasteiger partial charge < -0.3 is 15.5 Å². The second-order valence-corrected chi connectivity index (χ2v) is 7.68. The van der Waals surface area contributed by atoms with Gasteiger partial charge in [0, 0.05) is 44.6 Å². The summed E-state index contributed by atoms with van der Waals surface area (Å²) in [5.74, 6) is 1.27. The van der Waals surface area contributed by atoms with E-state index in [0.29, 0.717) is 44.4 Å². The van der Waals surface area contributed by atoms with Crippen LogP contribution in [-0.2, 0) is 9.59 Å². The van der Waals surface area contributed by atoms with Crippen molar-refractivity contribution in [3.8, 4) is 0 Å². The fraction of sp³-hybridized carbons (Fsp3) is 0.889. The van der Waals surface area contributed by atoms with E-state index in [2.05, 4.69) is 0 Å². The van der Waals surface area contributed by atoms with Gasteiger partial charge in [0.15, 0.2) is 0 Å². The van der Waals surface area contributed by atoms with Gasteiger partial charge in [-0.15, -0.1) is 12.4 Å². The number of nitrogens with two attached hydrogens (primary N) is 1. The molecule has 0 aromatic heterocycles. The van der Waals surface area contributed by atoms with Crippen LogP contribution in [0.1, 0.15) is 57.8 Å². The summed E-state index contributed by atoms with van der Waals surface area (Å²) in [6.07, 6.45) is 9.77. The van der Waals surface area contributed by atoms with Gasteiger partial charge in [0.2, 0.25) is 11.8 Å². The first-order valence-electron chi connectivity index (χ1n) is 9.45. The van der Waals surface area contributed by atoms with Crippen molar-refractivity contribution in [3.05, 3.63) is 0 Å². The maximum absolute atomic E-state index is 12.5. The highest BCUT2D eigenvalue weighted by molar-refractivity contribution is 5.85. The van der Waals surface area contributed by atoms with Crippen LogP contribution in [0, 0.1) is 11.8 Å². The SMILES string of the molecule is Cl.NC1CCC(C(=O)N2CCN(C(=O)CC3CCCCC3)CC2)C1. The molecular formula is C18H32ClN3O2. The number of carbonyl (C=O) groups is 2. The minimum atomic E-state index is 0. The number of halogens is 1. The summed E-state index contributed by atoms with van der Waals surface area (Å²) >= 11 is 0. The lowest BCUT2D eigenvalue weighted by atomic mass is 9.86. The van der Waals surface area contributed by atoms with Gasteiger partial charge in [0.05, 0.1) is 0 Å². The number of hydrogen-bond acceptors (Lipinski definition) is 3. The molecule has 2 unspecified atom stereocenters. The molecular weight excluding hydrogens is 326 g/mol. The summed E-state index contributed by atoms with van der Waals surface area (Å²) in [7, 11) is 0. The molecule has 0 aromatic carbocycles. The first-order chi connectivity index (χ1) is 11.1. The van der Waals surface area contributed by atoms with E-state index in [9.17, 15) is 9.59 Å². The monoisotopic (exact) mass is 357 g/mol. The van der Waals surface area contributed by atoms with Crippen molar-refractivity contribution in [3.63, 3.8) is 0 Å². The average molecular weight is 358 g/mol. The van der Waals surface area contributed by atoms with Crippen molar-refractivity contribution >= 4 is 24.2 Å². The summed E-state index contributed by atoms with van der Waals surface area (Å²) in [6.45, 7) is 2.80. The summed E-state index contributed by atoms with van der Waals surface area (Å²) < 4.78 is 0. The van der Waals surface area contributed by atoms with Gasteiger partial charge in [-0.1, -0.05) is 19.3 Å². The summed E-state index contributed by atoms with van der Waals surface area (Å²) in [4.78, 5) is 28.9. The van der Waals surface area contributed by atoms with Gasteiger partial charge in [-0.25, -0.2) is 0 Å². The largest absolute Gasteiger partial charge is 0.339 e. The minimum Gasteiger partial charge on any atom is -0.339 e. The molecule has 2 atom stereocenters. The Morgan fingerprint density at radius 3 is 2.08 bits per heavy atom. The molecule has 1 saturated heterocycles. The van der Waals surface area contributed by atoms with Crippen LogP contribution in [0.4, 0.5) is 0 Å². The van der Waals surface area contributed by atoms with Crippen LogP contribution < -0.4 is 5.73 Å². The fourth-order valence-corrected chi connectivity index (χ4v) is 4.44. The van der Waals surface area contributed by atoms with E-state index in [1.807, 2.05) is 9.80 Å². The normalized spacial score (nSPS) is 28.5. The van der Waals surface area contributed by atoms with Crippen LogP contribution in [0.3, 0.4) is 0 Å². The Bertz CT molecular complexity index is 432. The quantitative estimate of drug-likeness (QED) is 0.841. The number of hydrogen-bond donors (Lipinski definition) is 1. The van der Waals surface area contributed by atoms with Crippen LogP contribution >= 0.6 is 12.4 Å². The molecule has 24 heavy (non-hydrogen) atoms. The van der Waals surface area contributed by atoms with E-state index in [1.54, 1.807) is 0 Å². The predicted octanol–water partition coefficient (Wildman–Crippen LogP) is 2.18. The molecule has 0 radical (unpaired) electrons. The molecule has 2 saturated carbocycles. The Balaban J connectivity index is 0.00000208. The zero-order valence-electron chi connectivity index (χ0n) is 14.6. The second-order valence-electron chi connectivity index (χ2n) is 7.68. The highest BCUT2D eigenvalue weighted by Crippen LogP contribution is 2.28. The van der Waals surface area contributed by atoms with E-state index < -0.39 is 0 Å². The van der Waals surface area contributed by atoms with E-state index in [-0.39, 0.29) is 30.3 Å². The van der Waals surface area contributed by atoms with Crippen LogP contribution in [-0.4, -0.2) is 53.8 Å². The Morgan fingerprint density at radius 1 is 0.875 bits per heavy atom. The lowest BCUT2D eigenvalue weighted by Crippen LogP contribution is -2.52. The second kappa shape index (κ2) is 9.04. The van der Waals surface area contributed by atoms with Crippen LogP contribution in [0.25, 0.3) is 0 Å². The van der Waals surface area contributed by atoms with E-state index in [4.69, 9.17) is 5.73 Å². The zero-order chi connectivity index (χ0) is 16.2. The van der Waals surface area contributed by atoms with Crippen molar-refractivity contribution in [1.29, 1.82) is 0 Å². The molecule has 0 spiro atoms. The summed E-state index contributed by atoms with van der Waals surface area (Å²) in [6, 6.07) is 0.197. The highest BCUT2D eigenvalue weighted by atomic mass is 35.5. The van der Waals surface area contributed by atoms with Gasteiger partial charge in [0.25, 0.3) is 0 Å². The van der Waals surface area contributed by atoms with Crippen LogP contribution in [0.2, 0.25) is 0 Å². The van der Waals surface area contributed by atoms with Gasteiger partial charge in [-0.3, -0.25) is 9.59 Å². The Labute approximate surface area is 151 Å². The number of rotatable bonds is 3. The van der Waals surface area contributed by atoms with Crippen molar-refractivity contribution < 1.29 is 9.59 Å². The molecule has 2 aliphatic carbocycles. The molecule has 3 aliphatic rings. The van der Waals surface area contributed by atoms with Crippen LogP contribution in [0.5, 0.6) is 0 Å². The summed E-state index contributed by atoms with van der Waals surface area (Å²) in [5, 5.41) is 0. The average Bonchev–Trinajstić information content (AvgIpc) is 3.02. The third-order valence-electron chi connectivity index (χ3n) is 5.95. The van der Waals surface area contributed by atoms with Crippen molar-refractivity contribution in [2.75, 3.05) is 26.2 Å². The maximum atomic E-state index is 12.5. The third-order valence-corrected chi connectivity index (χ3v) is 5.95. The first kappa shape index (κ1) is 19.5. The number of carbonyl (C=O) groups excluding carboxylic acids is 2. The van der Waals surface area contributed by atoms with Gasteiger partial charge >= 0.3 is 0 Å². The Morgan fingerprint density at radius 2 is 1.50 bits per heavy atom. The molecule has 138 valence electrons. The molecule has 3 rings (SSSR count). The molecule has 0 aromatic rings. The lowest BCUT2D eigenvalue weighted by Gasteiger charge is -2.36. The van der Waals surface area contributed by atoms with E-state index in [1.165, 1.54) is 32.1 Å². The predicted molar refractivity (Wildman–Crippen MR) is 96.9 cm³/mol. The highest BCUT2D eigenvalue weighted by Gasteiger charge is 2.33. The third kappa shape index (κ3) is 4.85. The number of amides is 2. The molecule has 1 aliphatic heterocycles. The van der Waals surface area contributed by atoms with E-state index in [0.717, 1.165) is 19.3 Å². The molecule has 3 fully saturated rings. The van der Waals surface area contributed by atoms with Gasteiger partial charge in [-0.05, 0) is 38.0 Å². The van der Waals surface area contributed by atoms with Gasteiger partial charge in [0.1, 0.15) is 0 Å². The molecule has 2 N–H and O–H groups in total. The topological polar surface area (TPSA) is 66.6 Å². The fourth-order valence-electron chi connectivity index (χ4n) is 4.44. The maximum Gasteiger partial charge on any atom is 0.225 e.